The molecule has 28 heavy (non-hydrogen) atoms. The molecule has 0 radical (unpaired) electrons. The van der Waals surface area contributed by atoms with Crippen molar-refractivity contribution in [2.24, 2.45) is 0 Å². The first-order valence-electron chi connectivity index (χ1n) is 9.45. The molecule has 0 aliphatic carbocycles. The predicted molar refractivity (Wildman–Crippen MR) is 108 cm³/mol. The number of hydrogen-bond acceptors (Lipinski definition) is 4. The number of ether oxygens (including phenoxy) is 2. The molecule has 150 valence electrons. The first-order chi connectivity index (χ1) is 13.3. The number of nitrogens with zero attached hydrogens (tertiary/aromatic N) is 1. The van der Waals surface area contributed by atoms with Gasteiger partial charge in [0.2, 0.25) is 0 Å². The van der Waals surface area contributed by atoms with Gasteiger partial charge in [0.15, 0.2) is 5.78 Å². The van der Waals surface area contributed by atoms with Crippen molar-refractivity contribution in [3.05, 3.63) is 58.9 Å². The Morgan fingerprint density at radius 1 is 1.18 bits per heavy atom. The number of benzene rings is 2. The maximum absolute atomic E-state index is 13.3. The van der Waals surface area contributed by atoms with Gasteiger partial charge in [0.25, 0.3) is 0 Å². The van der Waals surface area contributed by atoms with Crippen molar-refractivity contribution < 1.29 is 18.7 Å². The van der Waals surface area contributed by atoms with E-state index in [9.17, 15) is 9.18 Å². The number of Topliss-reactive ketones (excluding diaryl/α,β-unsaturated/α-hetero) is 1. The highest BCUT2D eigenvalue weighted by atomic mass is 35.5. The molecule has 1 heterocycles. The van der Waals surface area contributed by atoms with E-state index >= 15 is 0 Å². The van der Waals surface area contributed by atoms with Gasteiger partial charge in [0.05, 0.1) is 5.56 Å². The summed E-state index contributed by atoms with van der Waals surface area (Å²) >= 11 is 5.92. The zero-order valence-corrected chi connectivity index (χ0v) is 17.0. The summed E-state index contributed by atoms with van der Waals surface area (Å²) in [6, 6.07) is 11.5. The Kier molecular flexibility index (Phi) is 6.57. The van der Waals surface area contributed by atoms with Crippen molar-refractivity contribution in [1.29, 1.82) is 0 Å². The maximum atomic E-state index is 13.3. The molecule has 0 saturated carbocycles. The smallest absolute Gasteiger partial charge is 0.163 e. The van der Waals surface area contributed by atoms with E-state index in [0.29, 0.717) is 17.4 Å². The van der Waals surface area contributed by atoms with E-state index < -0.39 is 5.82 Å². The van der Waals surface area contributed by atoms with Crippen molar-refractivity contribution in [1.82, 2.24) is 4.90 Å². The van der Waals surface area contributed by atoms with Crippen molar-refractivity contribution in [2.75, 3.05) is 26.2 Å². The van der Waals surface area contributed by atoms with Crippen LogP contribution in [-0.4, -0.2) is 42.5 Å². The molecular weight excluding hydrogens is 381 g/mol. The van der Waals surface area contributed by atoms with Gasteiger partial charge >= 0.3 is 0 Å². The van der Waals surface area contributed by atoms with Gasteiger partial charge in [0.1, 0.15) is 29.5 Å². The third-order valence-electron chi connectivity index (χ3n) is 5.08. The molecule has 1 fully saturated rings. The van der Waals surface area contributed by atoms with Crippen LogP contribution in [0, 0.1) is 5.82 Å². The van der Waals surface area contributed by atoms with Crippen LogP contribution in [0.15, 0.2) is 42.5 Å². The average Bonchev–Trinajstić information content (AvgIpc) is 2.66. The number of hydrogen-bond donors (Lipinski definition) is 0. The molecule has 0 bridgehead atoms. The van der Waals surface area contributed by atoms with Gasteiger partial charge in [-0.05, 0) is 69.2 Å². The van der Waals surface area contributed by atoms with Crippen LogP contribution < -0.4 is 9.47 Å². The van der Waals surface area contributed by atoms with E-state index in [1.807, 2.05) is 24.3 Å². The number of piperidine rings is 1. The molecule has 1 aliphatic heterocycles. The molecule has 3 rings (SSSR count). The van der Waals surface area contributed by atoms with E-state index in [1.54, 1.807) is 0 Å². The zero-order valence-electron chi connectivity index (χ0n) is 16.2. The van der Waals surface area contributed by atoms with Crippen LogP contribution in [0.3, 0.4) is 0 Å². The summed E-state index contributed by atoms with van der Waals surface area (Å²) in [6.45, 7) is 6.53. The van der Waals surface area contributed by atoms with Gasteiger partial charge in [-0.2, -0.15) is 0 Å². The molecule has 1 aliphatic rings. The molecule has 0 unspecified atom stereocenters. The topological polar surface area (TPSA) is 38.8 Å². The lowest BCUT2D eigenvalue weighted by Crippen LogP contribution is -2.47. The van der Waals surface area contributed by atoms with Crippen molar-refractivity contribution >= 4 is 17.4 Å². The maximum Gasteiger partial charge on any atom is 0.163 e. The number of carbonyl (C=O) groups excluding carboxylic acids is 1. The summed E-state index contributed by atoms with van der Waals surface area (Å²) in [6.07, 6.45) is 1.82. The van der Waals surface area contributed by atoms with Crippen LogP contribution in [0.1, 0.15) is 37.0 Å². The summed E-state index contributed by atoms with van der Waals surface area (Å²) < 4.78 is 25.3. The molecule has 0 atom stereocenters. The molecular formula is C22H25ClFNO3. The second-order valence-corrected chi connectivity index (χ2v) is 7.83. The Balaban J connectivity index is 1.47. The summed E-state index contributed by atoms with van der Waals surface area (Å²) in [5.41, 5.74) is 0.0757. The van der Waals surface area contributed by atoms with Crippen molar-refractivity contribution in [3.8, 4) is 11.5 Å². The van der Waals surface area contributed by atoms with Gasteiger partial charge in [-0.3, -0.25) is 9.69 Å². The number of ketones is 1. The highest BCUT2D eigenvalue weighted by molar-refractivity contribution is 6.30. The molecule has 0 N–H and O–H groups in total. The highest BCUT2D eigenvalue weighted by Crippen LogP contribution is 2.29. The summed E-state index contributed by atoms with van der Waals surface area (Å²) in [5.74, 6) is 0.620. The second kappa shape index (κ2) is 8.93. The largest absolute Gasteiger partial charge is 0.491 e. The van der Waals surface area contributed by atoms with Crippen molar-refractivity contribution in [3.63, 3.8) is 0 Å². The minimum Gasteiger partial charge on any atom is -0.491 e. The van der Waals surface area contributed by atoms with Crippen LogP contribution in [0.25, 0.3) is 0 Å². The highest BCUT2D eigenvalue weighted by Gasteiger charge is 2.32. The molecule has 0 aromatic heterocycles. The molecule has 2 aromatic carbocycles. The minimum absolute atomic E-state index is 0.204. The van der Waals surface area contributed by atoms with Crippen LogP contribution in [0.5, 0.6) is 11.5 Å². The van der Waals surface area contributed by atoms with E-state index in [2.05, 4.69) is 11.8 Å². The van der Waals surface area contributed by atoms with E-state index in [-0.39, 0.29) is 16.9 Å². The van der Waals surface area contributed by atoms with Crippen LogP contribution >= 0.6 is 11.6 Å². The standard InChI is InChI=1S/C22H25ClFNO3/c1-16(26)20-15-18(24)5-8-21(20)27-14-13-25-11-9-22(2,10-12-25)28-19-6-3-17(23)4-7-19/h3-8,15H,9-14H2,1-2H3. The quantitative estimate of drug-likeness (QED) is 0.608. The molecule has 0 amide bonds. The number of rotatable bonds is 7. The monoisotopic (exact) mass is 405 g/mol. The Morgan fingerprint density at radius 3 is 2.50 bits per heavy atom. The van der Waals surface area contributed by atoms with Gasteiger partial charge in [-0.1, -0.05) is 11.6 Å². The molecule has 6 heteroatoms. The van der Waals surface area contributed by atoms with E-state index in [4.69, 9.17) is 21.1 Å². The Bertz CT molecular complexity index is 817. The van der Waals surface area contributed by atoms with E-state index in [0.717, 1.165) is 38.2 Å². The van der Waals surface area contributed by atoms with Gasteiger partial charge < -0.3 is 9.47 Å². The first-order valence-corrected chi connectivity index (χ1v) is 9.83. The normalized spacial score (nSPS) is 16.6. The lowest BCUT2D eigenvalue weighted by Gasteiger charge is -2.39. The van der Waals surface area contributed by atoms with Crippen LogP contribution in [-0.2, 0) is 0 Å². The average molecular weight is 406 g/mol. The fraction of sp³-hybridized carbons (Fsp3) is 0.409. The fourth-order valence-corrected chi connectivity index (χ4v) is 3.45. The minimum atomic E-state index is -0.437. The lowest BCUT2D eigenvalue weighted by atomic mass is 9.93. The first kappa shape index (κ1) is 20.6. The van der Waals surface area contributed by atoms with Crippen molar-refractivity contribution in [2.45, 2.75) is 32.3 Å². The second-order valence-electron chi connectivity index (χ2n) is 7.39. The van der Waals surface area contributed by atoms with Crippen LogP contribution in [0.2, 0.25) is 5.02 Å². The Morgan fingerprint density at radius 2 is 1.86 bits per heavy atom. The van der Waals surface area contributed by atoms with Gasteiger partial charge in [-0.25, -0.2) is 4.39 Å². The Hall–Kier alpha value is -2.11. The van der Waals surface area contributed by atoms with Gasteiger partial charge in [0, 0.05) is 24.7 Å². The van der Waals surface area contributed by atoms with Gasteiger partial charge in [-0.15, -0.1) is 0 Å². The fourth-order valence-electron chi connectivity index (χ4n) is 3.33. The Labute approximate surface area is 170 Å². The summed E-state index contributed by atoms with van der Waals surface area (Å²) in [7, 11) is 0. The third kappa shape index (κ3) is 5.46. The molecule has 0 spiro atoms. The molecule has 4 nitrogen and oxygen atoms in total. The number of halogens is 2. The number of likely N-dealkylation sites (tertiary alicyclic amines) is 1. The van der Waals surface area contributed by atoms with E-state index in [1.165, 1.54) is 25.1 Å². The van der Waals surface area contributed by atoms with Crippen LogP contribution in [0.4, 0.5) is 4.39 Å². The predicted octanol–water partition coefficient (Wildman–Crippen LogP) is 4.99. The summed E-state index contributed by atoms with van der Waals surface area (Å²) in [5, 5.41) is 0.696. The summed E-state index contributed by atoms with van der Waals surface area (Å²) in [4.78, 5) is 14.0. The SMILES string of the molecule is CC(=O)c1cc(F)ccc1OCCN1CCC(C)(Oc2ccc(Cl)cc2)CC1. The lowest BCUT2D eigenvalue weighted by molar-refractivity contribution is 0.0135. The molecule has 2 aromatic rings. The number of carbonyl (C=O) groups is 1. The molecule has 1 saturated heterocycles. The third-order valence-corrected chi connectivity index (χ3v) is 5.33. The zero-order chi connectivity index (χ0) is 20.1.